The highest BCUT2D eigenvalue weighted by molar-refractivity contribution is 6.21. The minimum absolute atomic E-state index is 0.165. The van der Waals surface area contributed by atoms with Crippen molar-refractivity contribution in [2.75, 3.05) is 12.8 Å². The summed E-state index contributed by atoms with van der Waals surface area (Å²) < 4.78 is 7.42. The Morgan fingerprint density at radius 2 is 2.00 bits per heavy atom. The number of anilines is 1. The lowest BCUT2D eigenvalue weighted by molar-refractivity contribution is -0.111. The van der Waals surface area contributed by atoms with Gasteiger partial charge in [0, 0.05) is 34.8 Å². The van der Waals surface area contributed by atoms with Gasteiger partial charge in [0.1, 0.15) is 11.6 Å². The molecule has 3 aromatic heterocycles. The van der Waals surface area contributed by atoms with Crippen LogP contribution in [0.4, 0.5) is 5.82 Å². The lowest BCUT2D eigenvalue weighted by Crippen LogP contribution is -2.08. The molecule has 0 unspecified atom stereocenters. The van der Waals surface area contributed by atoms with Crippen molar-refractivity contribution < 1.29 is 9.53 Å². The van der Waals surface area contributed by atoms with Crippen LogP contribution in [0.25, 0.3) is 22.3 Å². The zero-order valence-electron chi connectivity index (χ0n) is 16.9. The smallest absolute Gasteiger partial charge is 0.203 e. The molecule has 0 spiro atoms. The largest absolute Gasteiger partial charge is 0.496 e. The molecule has 0 amide bonds. The van der Waals surface area contributed by atoms with Crippen molar-refractivity contribution in [2.45, 2.75) is 20.3 Å². The van der Waals surface area contributed by atoms with Gasteiger partial charge in [-0.3, -0.25) is 14.2 Å². The Balaban J connectivity index is 2.01. The number of hydrogen-bond donors (Lipinski definition) is 2. The number of carbonyl (C=O) groups excluding carboxylic acids is 1. The number of nitrogens with zero attached hydrogens (tertiary/aromatic N) is 5. The average molecular weight is 403 g/mol. The Kier molecular flexibility index (Phi) is 4.78. The van der Waals surface area contributed by atoms with E-state index in [1.807, 2.05) is 22.6 Å². The zero-order chi connectivity index (χ0) is 21.4. The monoisotopic (exact) mass is 403 g/mol. The fourth-order valence-corrected chi connectivity index (χ4v) is 3.56. The number of fused-ring (bicyclic) bond motifs is 3. The van der Waals surface area contributed by atoms with Gasteiger partial charge in [0.15, 0.2) is 11.6 Å². The zero-order valence-corrected chi connectivity index (χ0v) is 16.9. The molecular formula is C21H21N7O2. The van der Waals surface area contributed by atoms with Crippen LogP contribution in [0.3, 0.4) is 0 Å². The third-order valence-electron chi connectivity index (χ3n) is 4.82. The molecule has 4 rings (SSSR count). The van der Waals surface area contributed by atoms with Gasteiger partial charge >= 0.3 is 0 Å². The average Bonchev–Trinajstić information content (AvgIpc) is 3.12. The Bertz CT molecular complexity index is 1310. The number of nitrogens with two attached hydrogens (primary N) is 2. The SMILES string of the molecule is COc1cc2c(cc1C(C(C)=O)=C(C)N)nc(N)c1nnc(Cc3ccccn3)n12. The van der Waals surface area contributed by atoms with Crippen LogP contribution < -0.4 is 16.2 Å². The third-order valence-corrected chi connectivity index (χ3v) is 4.82. The van der Waals surface area contributed by atoms with Crippen molar-refractivity contribution in [3.63, 3.8) is 0 Å². The number of hydrogen-bond acceptors (Lipinski definition) is 8. The van der Waals surface area contributed by atoms with E-state index >= 15 is 0 Å². The molecule has 3 heterocycles. The van der Waals surface area contributed by atoms with Gasteiger partial charge in [-0.2, -0.15) is 0 Å². The summed E-state index contributed by atoms with van der Waals surface area (Å²) in [6, 6.07) is 9.23. The number of carbonyl (C=O) groups is 1. The lowest BCUT2D eigenvalue weighted by Gasteiger charge is -2.14. The first kappa shape index (κ1) is 19.3. The van der Waals surface area contributed by atoms with E-state index in [1.165, 1.54) is 14.0 Å². The van der Waals surface area contributed by atoms with Crippen molar-refractivity contribution in [1.82, 2.24) is 24.6 Å². The second-order valence-electron chi connectivity index (χ2n) is 6.93. The second kappa shape index (κ2) is 7.43. The van der Waals surface area contributed by atoms with Crippen molar-refractivity contribution in [3.8, 4) is 5.75 Å². The van der Waals surface area contributed by atoms with Crippen LogP contribution in [0, 0.1) is 0 Å². The Hall–Kier alpha value is -4.01. The quantitative estimate of drug-likeness (QED) is 0.484. The lowest BCUT2D eigenvalue weighted by atomic mass is 9.98. The molecule has 0 saturated carbocycles. The molecule has 30 heavy (non-hydrogen) atoms. The van der Waals surface area contributed by atoms with Gasteiger partial charge in [0.25, 0.3) is 0 Å². The Morgan fingerprint density at radius 1 is 1.20 bits per heavy atom. The van der Waals surface area contributed by atoms with E-state index < -0.39 is 0 Å². The fourth-order valence-electron chi connectivity index (χ4n) is 3.56. The molecule has 4 N–H and O–H groups in total. The molecular weight excluding hydrogens is 382 g/mol. The van der Waals surface area contributed by atoms with Gasteiger partial charge in [0.05, 0.1) is 24.6 Å². The predicted octanol–water partition coefficient (Wildman–Crippen LogP) is 2.13. The third kappa shape index (κ3) is 3.20. The summed E-state index contributed by atoms with van der Waals surface area (Å²) in [5.41, 5.74) is 16.0. The number of benzene rings is 1. The van der Waals surface area contributed by atoms with Gasteiger partial charge in [-0.1, -0.05) is 6.07 Å². The van der Waals surface area contributed by atoms with Crippen LogP contribution in [-0.4, -0.2) is 37.5 Å². The predicted molar refractivity (Wildman–Crippen MR) is 114 cm³/mol. The second-order valence-corrected chi connectivity index (χ2v) is 6.93. The normalized spacial score (nSPS) is 12.2. The summed E-state index contributed by atoms with van der Waals surface area (Å²) in [5, 5.41) is 8.51. The maximum absolute atomic E-state index is 12.2. The Morgan fingerprint density at radius 3 is 2.63 bits per heavy atom. The molecule has 0 saturated heterocycles. The minimum atomic E-state index is -0.165. The van der Waals surface area contributed by atoms with Crippen LogP contribution >= 0.6 is 0 Å². The first-order chi connectivity index (χ1) is 14.4. The highest BCUT2D eigenvalue weighted by atomic mass is 16.5. The molecule has 0 radical (unpaired) electrons. The molecule has 9 heteroatoms. The van der Waals surface area contributed by atoms with Gasteiger partial charge in [-0.05, 0) is 32.0 Å². The van der Waals surface area contributed by atoms with Crippen molar-refractivity contribution in [3.05, 3.63) is 59.3 Å². The van der Waals surface area contributed by atoms with Crippen LogP contribution in [0.5, 0.6) is 5.75 Å². The van der Waals surface area contributed by atoms with Gasteiger partial charge < -0.3 is 16.2 Å². The topological polar surface area (TPSA) is 134 Å². The summed E-state index contributed by atoms with van der Waals surface area (Å²) in [7, 11) is 1.54. The summed E-state index contributed by atoms with van der Waals surface area (Å²) in [5.74, 6) is 1.22. The molecule has 4 aromatic rings. The van der Waals surface area contributed by atoms with E-state index in [1.54, 1.807) is 25.3 Å². The van der Waals surface area contributed by atoms with Crippen molar-refractivity contribution >= 4 is 33.9 Å². The number of nitrogen functional groups attached to an aromatic ring is 1. The van der Waals surface area contributed by atoms with E-state index in [0.717, 1.165) is 5.69 Å². The number of rotatable bonds is 5. The van der Waals surface area contributed by atoms with Crippen molar-refractivity contribution in [1.29, 1.82) is 0 Å². The number of methoxy groups -OCH3 is 1. The van der Waals surface area contributed by atoms with Crippen LogP contribution in [-0.2, 0) is 11.2 Å². The standard InChI is InChI=1S/C21H21N7O2/c1-11(22)19(12(2)29)14-9-15-16(10-17(14)30-3)28-18(8-13-6-4-5-7-24-13)26-27-21(28)20(23)25-15/h4-7,9-10H,8,22H2,1-3H3,(H2,23,25). The van der Waals surface area contributed by atoms with E-state index in [-0.39, 0.29) is 11.6 Å². The van der Waals surface area contributed by atoms with Gasteiger partial charge in [0.2, 0.25) is 5.65 Å². The Labute approximate surface area is 172 Å². The molecule has 0 atom stereocenters. The molecule has 9 nitrogen and oxygen atoms in total. The van der Waals surface area contributed by atoms with E-state index in [4.69, 9.17) is 16.2 Å². The maximum atomic E-state index is 12.2. The minimum Gasteiger partial charge on any atom is -0.496 e. The number of ketones is 1. The van der Waals surface area contributed by atoms with E-state index in [2.05, 4.69) is 20.2 Å². The summed E-state index contributed by atoms with van der Waals surface area (Å²) in [6.45, 7) is 3.14. The number of allylic oxidation sites excluding steroid dienone is 2. The van der Waals surface area contributed by atoms with Crippen molar-refractivity contribution in [2.24, 2.45) is 5.73 Å². The molecule has 0 fully saturated rings. The molecule has 0 aliphatic carbocycles. The van der Waals surface area contributed by atoms with Crippen LogP contribution in [0.1, 0.15) is 30.9 Å². The van der Waals surface area contributed by atoms with Gasteiger partial charge in [-0.25, -0.2) is 4.98 Å². The van der Waals surface area contributed by atoms with Crippen LogP contribution in [0.15, 0.2) is 42.2 Å². The first-order valence-corrected chi connectivity index (χ1v) is 9.29. The molecule has 152 valence electrons. The first-order valence-electron chi connectivity index (χ1n) is 9.29. The number of Topliss-reactive ketones (excluding diaryl/α,β-unsaturated/α-hetero) is 1. The fraction of sp³-hybridized carbons (Fsp3) is 0.190. The summed E-state index contributed by atoms with van der Waals surface area (Å²) >= 11 is 0. The summed E-state index contributed by atoms with van der Waals surface area (Å²) in [6.07, 6.45) is 2.19. The van der Waals surface area contributed by atoms with Crippen LogP contribution in [0.2, 0.25) is 0 Å². The molecule has 0 aliphatic heterocycles. The highest BCUT2D eigenvalue weighted by Crippen LogP contribution is 2.33. The van der Waals surface area contributed by atoms with Gasteiger partial charge in [-0.15, -0.1) is 10.2 Å². The molecule has 1 aromatic carbocycles. The number of ether oxygens (including phenoxy) is 1. The van der Waals surface area contributed by atoms with E-state index in [9.17, 15) is 4.79 Å². The molecule has 0 aliphatic rings. The summed E-state index contributed by atoms with van der Waals surface area (Å²) in [4.78, 5) is 21.0. The number of aromatic nitrogens is 5. The number of pyridine rings is 1. The molecule has 0 bridgehead atoms. The van der Waals surface area contributed by atoms with E-state index in [0.29, 0.717) is 51.5 Å². The maximum Gasteiger partial charge on any atom is 0.203 e. The highest BCUT2D eigenvalue weighted by Gasteiger charge is 2.20.